The maximum Gasteiger partial charge on any atom is 0.414 e. The number of nitrogens with one attached hydrogen (secondary N) is 1. The second-order valence-corrected chi connectivity index (χ2v) is 8.90. The van der Waals surface area contributed by atoms with Crippen molar-refractivity contribution in [2.75, 3.05) is 30.3 Å². The molecule has 1 N–H and O–H groups in total. The van der Waals surface area contributed by atoms with E-state index in [1.807, 2.05) is 24.3 Å². The number of benzene rings is 1. The van der Waals surface area contributed by atoms with E-state index in [-0.39, 0.29) is 36.6 Å². The number of carbonyl (C=O) groups is 2. The summed E-state index contributed by atoms with van der Waals surface area (Å²) in [4.78, 5) is 43.1. The van der Waals surface area contributed by atoms with E-state index < -0.39 is 0 Å². The first kappa shape index (κ1) is 20.6. The topological polar surface area (TPSA) is 93.5 Å². The molecule has 0 bridgehead atoms. The smallest absolute Gasteiger partial charge is 0.414 e. The van der Waals surface area contributed by atoms with Crippen molar-refractivity contribution in [3.05, 3.63) is 51.4 Å². The normalized spacial score (nSPS) is 18.6. The molecule has 1 aromatic heterocycles. The van der Waals surface area contributed by atoms with Crippen molar-refractivity contribution in [1.82, 2.24) is 14.9 Å². The summed E-state index contributed by atoms with van der Waals surface area (Å²) < 4.78 is 6.65. The molecule has 1 atom stereocenters. The first-order chi connectivity index (χ1) is 15.6. The average Bonchev–Trinajstić information content (AvgIpc) is 3.52. The number of thioether (sulfide) groups is 1. The van der Waals surface area contributed by atoms with Gasteiger partial charge in [-0.2, -0.15) is 0 Å². The molecule has 2 aromatic rings. The number of aromatic nitrogens is 2. The molecule has 5 rings (SSSR count). The van der Waals surface area contributed by atoms with Gasteiger partial charge in [0.15, 0.2) is 5.16 Å². The van der Waals surface area contributed by atoms with Crippen LogP contribution in [0.25, 0.3) is 0 Å². The fourth-order valence-electron chi connectivity index (χ4n) is 4.23. The van der Waals surface area contributed by atoms with Gasteiger partial charge in [-0.05, 0) is 43.5 Å². The molecule has 9 heteroatoms. The van der Waals surface area contributed by atoms with Crippen molar-refractivity contribution in [2.45, 2.75) is 36.9 Å². The van der Waals surface area contributed by atoms with E-state index in [1.165, 1.54) is 0 Å². The molecule has 1 aliphatic carbocycles. The largest absolute Gasteiger partial charge is 0.447 e. The van der Waals surface area contributed by atoms with Crippen molar-refractivity contribution >= 4 is 29.4 Å². The van der Waals surface area contributed by atoms with Crippen LogP contribution in [0.5, 0.6) is 0 Å². The first-order valence-corrected chi connectivity index (χ1v) is 11.7. The lowest BCUT2D eigenvalue weighted by Crippen LogP contribution is -2.32. The third kappa shape index (κ3) is 3.98. The number of cyclic esters (lactones) is 1. The van der Waals surface area contributed by atoms with Gasteiger partial charge in [-0.3, -0.25) is 19.1 Å². The summed E-state index contributed by atoms with van der Waals surface area (Å²) in [7, 11) is 0. The summed E-state index contributed by atoms with van der Waals surface area (Å²) >= 11 is 1.55. The van der Waals surface area contributed by atoms with Crippen LogP contribution in [0, 0.1) is 11.8 Å². The van der Waals surface area contributed by atoms with Crippen LogP contribution in [0.15, 0.2) is 34.2 Å². The molecule has 2 amide bonds. The fraction of sp³-hybridized carbons (Fsp3) is 0.391. The molecule has 1 saturated heterocycles. The van der Waals surface area contributed by atoms with Gasteiger partial charge in [-0.1, -0.05) is 23.6 Å². The van der Waals surface area contributed by atoms with Gasteiger partial charge >= 0.3 is 6.09 Å². The second kappa shape index (κ2) is 8.71. The van der Waals surface area contributed by atoms with E-state index in [4.69, 9.17) is 4.74 Å². The lowest BCUT2D eigenvalue weighted by atomic mass is 10.2. The van der Waals surface area contributed by atoms with E-state index in [0.29, 0.717) is 18.9 Å². The number of fused-ring (bicyclic) bond motifs is 2. The molecule has 3 aliphatic rings. The molecule has 3 heterocycles. The van der Waals surface area contributed by atoms with E-state index in [0.717, 1.165) is 46.9 Å². The van der Waals surface area contributed by atoms with Gasteiger partial charge in [-0.25, -0.2) is 9.78 Å². The highest BCUT2D eigenvalue weighted by Crippen LogP contribution is 2.33. The maximum absolute atomic E-state index is 12.8. The minimum absolute atomic E-state index is 0.0238. The molecular formula is C23H22N4O4S. The molecule has 0 spiro atoms. The lowest BCUT2D eigenvalue weighted by molar-refractivity contribution is -0.121. The summed E-state index contributed by atoms with van der Waals surface area (Å²) in [5.41, 5.74) is 3.35. The van der Waals surface area contributed by atoms with Gasteiger partial charge in [0, 0.05) is 29.0 Å². The summed E-state index contributed by atoms with van der Waals surface area (Å²) in [6.07, 6.45) is 2.53. The summed E-state index contributed by atoms with van der Waals surface area (Å²) in [6, 6.07) is 7.15. The number of carbonyl (C=O) groups excluding carboxylic acids is 2. The van der Waals surface area contributed by atoms with Crippen LogP contribution in [-0.2, 0) is 22.4 Å². The third-order valence-electron chi connectivity index (χ3n) is 5.84. The Labute approximate surface area is 189 Å². The number of ether oxygens (including phenoxy) is 1. The molecule has 164 valence electrons. The SMILES string of the molecule is O=C(CC1CSc2nc3c(c(=O)n21)CCC3)NCC#Cc1ccc(N2CCOC2=O)cc1. The Bertz CT molecular complexity index is 1200. The fourth-order valence-corrected chi connectivity index (χ4v) is 5.38. The van der Waals surface area contributed by atoms with Gasteiger partial charge in [-0.15, -0.1) is 0 Å². The van der Waals surface area contributed by atoms with Crippen molar-refractivity contribution in [3.8, 4) is 11.8 Å². The van der Waals surface area contributed by atoms with E-state index in [2.05, 4.69) is 22.1 Å². The molecule has 0 radical (unpaired) electrons. The monoisotopic (exact) mass is 450 g/mol. The van der Waals surface area contributed by atoms with E-state index >= 15 is 0 Å². The zero-order valence-corrected chi connectivity index (χ0v) is 18.2. The molecule has 8 nitrogen and oxygen atoms in total. The van der Waals surface area contributed by atoms with Crippen molar-refractivity contribution in [3.63, 3.8) is 0 Å². The average molecular weight is 451 g/mol. The van der Waals surface area contributed by atoms with Gasteiger partial charge in [0.25, 0.3) is 5.56 Å². The Kier molecular flexibility index (Phi) is 5.62. The van der Waals surface area contributed by atoms with Crippen LogP contribution >= 0.6 is 11.8 Å². The molecule has 1 fully saturated rings. The minimum atomic E-state index is -0.336. The Morgan fingerprint density at radius 1 is 1.25 bits per heavy atom. The highest BCUT2D eigenvalue weighted by atomic mass is 32.2. The van der Waals surface area contributed by atoms with Crippen LogP contribution in [-0.4, -0.2) is 47.0 Å². The van der Waals surface area contributed by atoms with Crippen LogP contribution in [0.1, 0.15) is 35.7 Å². The molecule has 2 aliphatic heterocycles. The quantitative estimate of drug-likeness (QED) is 0.565. The predicted molar refractivity (Wildman–Crippen MR) is 120 cm³/mol. The predicted octanol–water partition coefficient (Wildman–Crippen LogP) is 1.89. The van der Waals surface area contributed by atoms with Crippen molar-refractivity contribution < 1.29 is 14.3 Å². The zero-order valence-electron chi connectivity index (χ0n) is 17.4. The number of rotatable bonds is 4. The van der Waals surface area contributed by atoms with Crippen molar-refractivity contribution in [2.24, 2.45) is 0 Å². The zero-order chi connectivity index (χ0) is 22.1. The van der Waals surface area contributed by atoms with Gasteiger partial charge in [0.05, 0.1) is 24.8 Å². The summed E-state index contributed by atoms with van der Waals surface area (Å²) in [5.74, 6) is 6.50. The van der Waals surface area contributed by atoms with Crippen molar-refractivity contribution in [1.29, 1.82) is 0 Å². The Balaban J connectivity index is 1.15. The highest BCUT2D eigenvalue weighted by Gasteiger charge is 2.31. The Morgan fingerprint density at radius 2 is 2.09 bits per heavy atom. The number of hydrogen-bond acceptors (Lipinski definition) is 6. The van der Waals surface area contributed by atoms with Crippen LogP contribution in [0.3, 0.4) is 0 Å². The van der Waals surface area contributed by atoms with Gasteiger partial charge in [0.1, 0.15) is 6.61 Å². The van der Waals surface area contributed by atoms with Gasteiger partial charge in [0.2, 0.25) is 5.91 Å². The molecule has 32 heavy (non-hydrogen) atoms. The van der Waals surface area contributed by atoms with Crippen LogP contribution < -0.4 is 15.8 Å². The first-order valence-electron chi connectivity index (χ1n) is 10.7. The number of amides is 2. The summed E-state index contributed by atoms with van der Waals surface area (Å²) in [6.45, 7) is 1.17. The Morgan fingerprint density at radius 3 is 2.88 bits per heavy atom. The third-order valence-corrected chi connectivity index (χ3v) is 6.94. The maximum atomic E-state index is 12.8. The number of hydrogen-bond donors (Lipinski definition) is 1. The minimum Gasteiger partial charge on any atom is -0.447 e. The van der Waals surface area contributed by atoms with E-state index in [9.17, 15) is 14.4 Å². The summed E-state index contributed by atoms with van der Waals surface area (Å²) in [5, 5.41) is 3.55. The molecule has 1 unspecified atom stereocenters. The number of aryl methyl sites for hydroxylation is 1. The number of anilines is 1. The lowest BCUT2D eigenvalue weighted by Gasteiger charge is -2.13. The standard InChI is InChI=1S/C23H22N4O4S/c28-20(13-17-14-32-22-25-19-5-1-4-18(19)21(29)27(17)22)24-10-2-3-15-6-8-16(9-7-15)26-11-12-31-23(26)30/h6-9,17H,1,4-5,10-14H2,(H,24,28). The van der Waals surface area contributed by atoms with Crippen LogP contribution in [0.4, 0.5) is 10.5 Å². The van der Waals surface area contributed by atoms with E-state index in [1.54, 1.807) is 21.2 Å². The molecule has 1 aromatic carbocycles. The second-order valence-electron chi connectivity index (χ2n) is 7.91. The number of nitrogens with zero attached hydrogens (tertiary/aromatic N) is 3. The van der Waals surface area contributed by atoms with Gasteiger partial charge < -0.3 is 10.1 Å². The highest BCUT2D eigenvalue weighted by molar-refractivity contribution is 7.99. The Hall–Kier alpha value is -3.25. The molecule has 0 saturated carbocycles. The van der Waals surface area contributed by atoms with Crippen LogP contribution in [0.2, 0.25) is 0 Å². The molecular weight excluding hydrogens is 428 g/mol.